The van der Waals surface area contributed by atoms with E-state index in [-0.39, 0.29) is 10.8 Å². The van der Waals surface area contributed by atoms with Gasteiger partial charge in [-0.3, -0.25) is 9.78 Å². The second kappa shape index (κ2) is 8.01. The lowest BCUT2D eigenvalue weighted by Gasteiger charge is -2.05. The van der Waals surface area contributed by atoms with Crippen LogP contribution in [-0.4, -0.2) is 22.2 Å². The molecule has 5 nitrogen and oxygen atoms in total. The fourth-order valence-corrected chi connectivity index (χ4v) is 2.70. The first kappa shape index (κ1) is 18.6. The third-order valence-electron chi connectivity index (χ3n) is 3.91. The molecule has 0 bridgehead atoms. The molecule has 0 aliphatic heterocycles. The fourth-order valence-electron chi connectivity index (χ4n) is 2.52. The van der Waals surface area contributed by atoms with Gasteiger partial charge in [-0.15, -0.1) is 0 Å². The Morgan fingerprint density at radius 2 is 1.85 bits per heavy atom. The van der Waals surface area contributed by atoms with Crippen LogP contribution in [0.1, 0.15) is 27.2 Å². The zero-order valence-electron chi connectivity index (χ0n) is 14.9. The van der Waals surface area contributed by atoms with Crippen molar-refractivity contribution in [3.8, 4) is 17.0 Å². The molecule has 136 valence electrons. The highest BCUT2D eigenvalue weighted by Crippen LogP contribution is 2.23. The summed E-state index contributed by atoms with van der Waals surface area (Å²) >= 11 is 5.82. The van der Waals surface area contributed by atoms with Crippen molar-refractivity contribution in [2.24, 2.45) is 5.10 Å². The van der Waals surface area contributed by atoms with E-state index in [1.807, 2.05) is 50.2 Å². The molecular formula is C21H18ClN3O2. The normalized spacial score (nSPS) is 10.9. The molecule has 0 fully saturated rings. The number of aromatic nitrogens is 1. The molecule has 2 N–H and O–H groups in total. The highest BCUT2D eigenvalue weighted by atomic mass is 35.5. The van der Waals surface area contributed by atoms with Gasteiger partial charge in [0.15, 0.2) is 0 Å². The number of nitrogens with zero attached hydrogens (tertiary/aromatic N) is 2. The molecule has 2 aromatic carbocycles. The van der Waals surface area contributed by atoms with E-state index in [2.05, 4.69) is 15.5 Å². The highest BCUT2D eigenvalue weighted by Gasteiger charge is 2.07. The zero-order valence-corrected chi connectivity index (χ0v) is 15.7. The van der Waals surface area contributed by atoms with Crippen LogP contribution in [0, 0.1) is 13.8 Å². The lowest BCUT2D eigenvalue weighted by molar-refractivity contribution is 0.0955. The minimum absolute atomic E-state index is 0.0763. The summed E-state index contributed by atoms with van der Waals surface area (Å²) in [7, 11) is 0. The Kier molecular flexibility index (Phi) is 5.52. The van der Waals surface area contributed by atoms with Crippen molar-refractivity contribution < 1.29 is 9.90 Å². The van der Waals surface area contributed by atoms with Crippen molar-refractivity contribution in [2.45, 2.75) is 13.8 Å². The van der Waals surface area contributed by atoms with Gasteiger partial charge in [0.2, 0.25) is 0 Å². The van der Waals surface area contributed by atoms with Gasteiger partial charge in [0.05, 0.1) is 16.9 Å². The number of pyridine rings is 1. The molecule has 0 atom stereocenters. The molecule has 0 saturated carbocycles. The Balaban J connectivity index is 1.75. The van der Waals surface area contributed by atoms with E-state index in [9.17, 15) is 9.90 Å². The number of hydrazone groups is 1. The lowest BCUT2D eigenvalue weighted by atomic mass is 10.1. The predicted octanol–water partition coefficient (Wildman–Crippen LogP) is 4.49. The molecule has 1 amide bonds. The molecule has 6 heteroatoms. The third kappa shape index (κ3) is 4.71. The van der Waals surface area contributed by atoms with E-state index in [1.54, 1.807) is 6.21 Å². The number of phenolic OH excluding ortho intramolecular Hbond substituents is 1. The smallest absolute Gasteiger partial charge is 0.271 e. The molecule has 0 radical (unpaired) electrons. The average Bonchev–Trinajstić information content (AvgIpc) is 2.64. The second-order valence-corrected chi connectivity index (χ2v) is 6.57. The first-order valence-corrected chi connectivity index (χ1v) is 8.68. The summed E-state index contributed by atoms with van der Waals surface area (Å²) in [5, 5.41) is 13.5. The van der Waals surface area contributed by atoms with E-state index >= 15 is 0 Å². The average molecular weight is 380 g/mol. The van der Waals surface area contributed by atoms with E-state index in [1.165, 1.54) is 23.8 Å². The molecule has 3 aromatic rings. The van der Waals surface area contributed by atoms with Crippen LogP contribution in [-0.2, 0) is 0 Å². The molecule has 0 spiro atoms. The number of hydrogen-bond acceptors (Lipinski definition) is 4. The first-order valence-electron chi connectivity index (χ1n) is 8.30. The molecular weight excluding hydrogens is 362 g/mol. The van der Waals surface area contributed by atoms with Gasteiger partial charge in [-0.1, -0.05) is 41.4 Å². The van der Waals surface area contributed by atoms with Crippen LogP contribution in [0.2, 0.25) is 5.02 Å². The first-order chi connectivity index (χ1) is 12.9. The Labute approximate surface area is 162 Å². The summed E-state index contributed by atoms with van der Waals surface area (Å²) in [6.45, 7) is 3.95. The topological polar surface area (TPSA) is 74.6 Å². The molecule has 0 aliphatic rings. The molecule has 1 aromatic heterocycles. The minimum atomic E-state index is -0.419. The van der Waals surface area contributed by atoms with Gasteiger partial charge in [-0.05, 0) is 49.7 Å². The number of benzene rings is 2. The van der Waals surface area contributed by atoms with Gasteiger partial charge in [-0.25, -0.2) is 5.43 Å². The van der Waals surface area contributed by atoms with Crippen molar-refractivity contribution >= 4 is 23.7 Å². The van der Waals surface area contributed by atoms with E-state index < -0.39 is 5.91 Å². The number of aryl methyl sites for hydroxylation is 2. The maximum Gasteiger partial charge on any atom is 0.271 e. The van der Waals surface area contributed by atoms with Crippen LogP contribution in [0.25, 0.3) is 11.3 Å². The van der Waals surface area contributed by atoms with Crippen LogP contribution in [0.15, 0.2) is 59.7 Å². The highest BCUT2D eigenvalue weighted by molar-refractivity contribution is 6.32. The van der Waals surface area contributed by atoms with E-state index in [0.717, 1.165) is 22.5 Å². The molecule has 3 rings (SSSR count). The summed E-state index contributed by atoms with van der Waals surface area (Å²) < 4.78 is 0. The SMILES string of the molecule is Cc1ccc(-c2cc(C=NNC(=O)c3ccc(O)c(Cl)c3)cc(C)n2)cc1. The van der Waals surface area contributed by atoms with Crippen molar-refractivity contribution in [3.63, 3.8) is 0 Å². The van der Waals surface area contributed by atoms with Crippen LogP contribution in [0.5, 0.6) is 5.75 Å². The number of amides is 1. The fraction of sp³-hybridized carbons (Fsp3) is 0.0952. The Morgan fingerprint density at radius 3 is 2.56 bits per heavy atom. The minimum Gasteiger partial charge on any atom is -0.506 e. The maximum absolute atomic E-state index is 12.1. The van der Waals surface area contributed by atoms with E-state index in [0.29, 0.717) is 5.56 Å². The number of carbonyl (C=O) groups is 1. The molecule has 0 saturated heterocycles. The summed E-state index contributed by atoms with van der Waals surface area (Å²) in [6.07, 6.45) is 1.56. The predicted molar refractivity (Wildman–Crippen MR) is 107 cm³/mol. The van der Waals surface area contributed by atoms with Gasteiger partial charge in [0, 0.05) is 16.8 Å². The number of hydrogen-bond donors (Lipinski definition) is 2. The molecule has 0 aliphatic carbocycles. The lowest BCUT2D eigenvalue weighted by Crippen LogP contribution is -2.17. The van der Waals surface area contributed by atoms with Crippen molar-refractivity contribution in [2.75, 3.05) is 0 Å². The van der Waals surface area contributed by atoms with Crippen LogP contribution >= 0.6 is 11.6 Å². The van der Waals surface area contributed by atoms with Gasteiger partial charge in [0.1, 0.15) is 5.75 Å². The number of phenols is 1. The standard InChI is InChI=1S/C21H18ClN3O2/c1-13-3-5-16(6-4-13)19-10-15(9-14(2)24-19)12-23-25-21(27)17-7-8-20(26)18(22)11-17/h3-12,26H,1-2H3,(H,25,27). The summed E-state index contributed by atoms with van der Waals surface area (Å²) in [5.41, 5.74) is 7.47. The maximum atomic E-state index is 12.1. The zero-order chi connectivity index (χ0) is 19.4. The van der Waals surface area contributed by atoms with Gasteiger partial charge in [0.25, 0.3) is 5.91 Å². The number of halogens is 1. The molecule has 1 heterocycles. The number of carbonyl (C=O) groups excluding carboxylic acids is 1. The number of nitrogens with one attached hydrogen (secondary N) is 1. The largest absolute Gasteiger partial charge is 0.506 e. The number of aromatic hydroxyl groups is 1. The Hall–Kier alpha value is -3.18. The third-order valence-corrected chi connectivity index (χ3v) is 4.22. The number of rotatable bonds is 4. The Morgan fingerprint density at radius 1 is 1.11 bits per heavy atom. The Bertz CT molecular complexity index is 1010. The second-order valence-electron chi connectivity index (χ2n) is 6.16. The van der Waals surface area contributed by atoms with Gasteiger partial charge in [-0.2, -0.15) is 5.10 Å². The monoisotopic (exact) mass is 379 g/mol. The van der Waals surface area contributed by atoms with Crippen molar-refractivity contribution in [1.29, 1.82) is 0 Å². The quantitative estimate of drug-likeness (QED) is 0.518. The molecule has 0 unspecified atom stereocenters. The summed E-state index contributed by atoms with van der Waals surface area (Å²) in [5.74, 6) is -0.495. The van der Waals surface area contributed by atoms with Crippen LogP contribution in [0.4, 0.5) is 0 Å². The van der Waals surface area contributed by atoms with Crippen LogP contribution in [0.3, 0.4) is 0 Å². The van der Waals surface area contributed by atoms with Crippen molar-refractivity contribution in [1.82, 2.24) is 10.4 Å². The van der Waals surface area contributed by atoms with E-state index in [4.69, 9.17) is 11.6 Å². The summed E-state index contributed by atoms with van der Waals surface area (Å²) in [6, 6.07) is 16.1. The van der Waals surface area contributed by atoms with Gasteiger partial charge >= 0.3 is 0 Å². The molecule has 27 heavy (non-hydrogen) atoms. The summed E-state index contributed by atoms with van der Waals surface area (Å²) in [4.78, 5) is 16.7. The van der Waals surface area contributed by atoms with Crippen LogP contribution < -0.4 is 5.43 Å². The van der Waals surface area contributed by atoms with Crippen molar-refractivity contribution in [3.05, 3.63) is 82.0 Å². The van der Waals surface area contributed by atoms with Gasteiger partial charge < -0.3 is 5.11 Å².